The number of halogens is 1. The lowest BCUT2D eigenvalue weighted by molar-refractivity contribution is 0.183. The lowest BCUT2D eigenvalue weighted by Gasteiger charge is -2.22. The molecule has 0 aromatic heterocycles. The van der Waals surface area contributed by atoms with Crippen LogP contribution in [-0.2, 0) is 14.6 Å². The Balaban J connectivity index is 1.86. The number of aliphatic hydroxyl groups excluding tert-OH is 1. The maximum atomic E-state index is 12.9. The molecule has 0 aliphatic heterocycles. The Morgan fingerprint density at radius 1 is 0.871 bits per heavy atom. The van der Waals surface area contributed by atoms with E-state index in [4.69, 9.17) is 11.6 Å². The molecule has 2 atom stereocenters. The van der Waals surface area contributed by atoms with Gasteiger partial charge < -0.3 is 14.9 Å². The predicted octanol–water partition coefficient (Wildman–Crippen LogP) is 3.91. The van der Waals surface area contributed by atoms with Gasteiger partial charge in [0.25, 0.3) is 0 Å². The predicted molar refractivity (Wildman–Crippen MR) is 119 cm³/mol. The van der Waals surface area contributed by atoms with Gasteiger partial charge >= 0.3 is 7.60 Å². The van der Waals surface area contributed by atoms with Crippen LogP contribution in [0.3, 0.4) is 0 Å². The van der Waals surface area contributed by atoms with Crippen molar-refractivity contribution in [3.05, 3.63) is 89.4 Å². The Morgan fingerprint density at radius 3 is 1.90 bits per heavy atom. The van der Waals surface area contributed by atoms with E-state index in [9.17, 15) is 27.9 Å². The quantitative estimate of drug-likeness (QED) is 0.362. The molecular formula is C21H21ClNO6PS. The van der Waals surface area contributed by atoms with E-state index < -0.39 is 35.9 Å². The minimum absolute atomic E-state index is 0.0168. The van der Waals surface area contributed by atoms with Crippen LogP contribution in [0.4, 0.5) is 0 Å². The van der Waals surface area contributed by atoms with Crippen LogP contribution in [0, 0.1) is 0 Å². The number of aliphatic hydroxyl groups is 1. The normalized spacial score (nSPS) is 14.2. The van der Waals surface area contributed by atoms with E-state index in [1.165, 1.54) is 12.1 Å². The van der Waals surface area contributed by atoms with Gasteiger partial charge in [-0.25, -0.2) is 13.1 Å². The van der Waals surface area contributed by atoms with Crippen molar-refractivity contribution < 1.29 is 27.9 Å². The van der Waals surface area contributed by atoms with Crippen molar-refractivity contribution >= 4 is 29.2 Å². The van der Waals surface area contributed by atoms with E-state index in [1.54, 1.807) is 54.6 Å². The summed E-state index contributed by atoms with van der Waals surface area (Å²) in [5, 5.41) is 10.5. The molecular weight excluding hydrogens is 461 g/mol. The fourth-order valence-corrected chi connectivity index (χ4v) is 4.86. The highest BCUT2D eigenvalue weighted by Gasteiger charge is 2.32. The molecule has 0 saturated heterocycles. The van der Waals surface area contributed by atoms with Crippen molar-refractivity contribution in [1.82, 2.24) is 4.72 Å². The number of benzene rings is 3. The number of hydrogen-bond acceptors (Lipinski definition) is 4. The smallest absolute Gasteiger partial charge is 0.353 e. The first kappa shape index (κ1) is 23.6. The number of rotatable bonds is 8. The maximum Gasteiger partial charge on any atom is 0.353 e. The molecule has 3 aromatic carbocycles. The second-order valence-corrected chi connectivity index (χ2v) is 10.8. The van der Waals surface area contributed by atoms with Crippen LogP contribution in [0.5, 0.6) is 0 Å². The summed E-state index contributed by atoms with van der Waals surface area (Å²) in [7, 11) is -8.84. The van der Waals surface area contributed by atoms with Gasteiger partial charge in [0, 0.05) is 11.4 Å². The van der Waals surface area contributed by atoms with Crippen LogP contribution < -0.4 is 4.72 Å². The second kappa shape index (κ2) is 9.63. The summed E-state index contributed by atoms with van der Waals surface area (Å²) in [6.07, 6.45) is -0.490. The molecule has 0 fully saturated rings. The Labute approximate surface area is 185 Å². The molecule has 3 aromatic rings. The topological polar surface area (TPSA) is 124 Å². The van der Waals surface area contributed by atoms with E-state index in [1.807, 2.05) is 12.1 Å². The molecule has 164 valence electrons. The molecule has 4 N–H and O–H groups in total. The van der Waals surface area contributed by atoms with Crippen molar-refractivity contribution in [3.63, 3.8) is 0 Å². The Bertz CT molecular complexity index is 1160. The number of hydrogen-bond donors (Lipinski definition) is 4. The molecule has 0 spiro atoms. The molecule has 31 heavy (non-hydrogen) atoms. The molecule has 0 heterocycles. The summed E-state index contributed by atoms with van der Waals surface area (Å²) in [5.74, 6) is -2.01. The molecule has 0 saturated carbocycles. The van der Waals surface area contributed by atoms with Gasteiger partial charge in [-0.05, 0) is 41.0 Å². The van der Waals surface area contributed by atoms with E-state index in [2.05, 4.69) is 4.72 Å². The van der Waals surface area contributed by atoms with Crippen molar-refractivity contribution in [3.8, 4) is 11.1 Å². The maximum absolute atomic E-state index is 12.9. The molecule has 0 bridgehead atoms. The zero-order valence-corrected chi connectivity index (χ0v) is 18.6. The van der Waals surface area contributed by atoms with Gasteiger partial charge in [-0.2, -0.15) is 0 Å². The summed E-state index contributed by atoms with van der Waals surface area (Å²) >= 11 is 5.89. The highest BCUT2D eigenvalue weighted by atomic mass is 35.5. The van der Waals surface area contributed by atoms with Gasteiger partial charge in [0.2, 0.25) is 10.0 Å². The van der Waals surface area contributed by atoms with Crippen molar-refractivity contribution in [2.45, 2.75) is 23.2 Å². The van der Waals surface area contributed by atoms with Crippen LogP contribution >= 0.6 is 19.2 Å². The molecule has 2 unspecified atom stereocenters. The third kappa shape index (κ3) is 6.24. The summed E-state index contributed by atoms with van der Waals surface area (Å²) in [6.45, 7) is 0. The average Bonchev–Trinajstić information content (AvgIpc) is 2.74. The Hall–Kier alpha value is -2.03. The van der Waals surface area contributed by atoms with Crippen LogP contribution in [-0.4, -0.2) is 29.2 Å². The van der Waals surface area contributed by atoms with Crippen LogP contribution in [0.2, 0.25) is 5.02 Å². The van der Waals surface area contributed by atoms with Gasteiger partial charge in [0.05, 0.1) is 10.9 Å². The van der Waals surface area contributed by atoms with Crippen molar-refractivity contribution in [2.75, 3.05) is 0 Å². The zero-order valence-electron chi connectivity index (χ0n) is 16.2. The standard InChI is InChI=1S/C21H21ClNO6PS/c22-18-10-6-15(7-11-18)16-8-12-19(13-9-16)31(28,29)23-20(14-21(24)30(25,26)27)17-4-2-1-3-5-17/h1-13,20-21,23-24H,14H2,(H2,25,26,27). The average molecular weight is 482 g/mol. The SMILES string of the molecule is O=P(O)(O)C(O)CC(NS(=O)(=O)c1ccc(-c2ccc(Cl)cc2)cc1)c1ccccc1. The fraction of sp³-hybridized carbons (Fsp3) is 0.143. The van der Waals surface area contributed by atoms with Crippen LogP contribution in [0.1, 0.15) is 18.0 Å². The summed E-state index contributed by atoms with van der Waals surface area (Å²) in [6, 6.07) is 20.5. The molecule has 3 rings (SSSR count). The van der Waals surface area contributed by atoms with E-state index in [0.717, 1.165) is 11.1 Å². The summed E-state index contributed by atoms with van der Waals surface area (Å²) < 4.78 is 39.7. The van der Waals surface area contributed by atoms with E-state index in [-0.39, 0.29) is 4.90 Å². The largest absolute Gasteiger partial charge is 0.380 e. The first-order valence-electron chi connectivity index (χ1n) is 9.23. The lowest BCUT2D eigenvalue weighted by Crippen LogP contribution is -2.31. The van der Waals surface area contributed by atoms with Crippen molar-refractivity contribution in [1.29, 1.82) is 0 Å². The van der Waals surface area contributed by atoms with E-state index >= 15 is 0 Å². The van der Waals surface area contributed by atoms with Gasteiger partial charge in [0.1, 0.15) is 0 Å². The molecule has 0 aliphatic carbocycles. The molecule has 10 heteroatoms. The number of nitrogens with one attached hydrogen (secondary N) is 1. The third-order valence-corrected chi connectivity index (χ3v) is 7.40. The van der Waals surface area contributed by atoms with E-state index in [0.29, 0.717) is 10.6 Å². The minimum atomic E-state index is -4.80. The van der Waals surface area contributed by atoms with Gasteiger partial charge in [-0.1, -0.05) is 66.2 Å². The lowest BCUT2D eigenvalue weighted by atomic mass is 10.1. The summed E-state index contributed by atoms with van der Waals surface area (Å²) in [4.78, 5) is 18.4. The van der Waals surface area contributed by atoms with Gasteiger partial charge in [-0.15, -0.1) is 0 Å². The summed E-state index contributed by atoms with van der Waals surface area (Å²) in [5.41, 5.74) is 2.14. The molecule has 0 radical (unpaired) electrons. The third-order valence-electron chi connectivity index (χ3n) is 4.68. The van der Waals surface area contributed by atoms with Gasteiger partial charge in [-0.3, -0.25) is 4.57 Å². The molecule has 7 nitrogen and oxygen atoms in total. The Kier molecular flexibility index (Phi) is 7.34. The first-order chi connectivity index (χ1) is 14.6. The molecule has 0 amide bonds. The van der Waals surface area contributed by atoms with Crippen LogP contribution in [0.15, 0.2) is 83.8 Å². The molecule has 0 aliphatic rings. The number of sulfonamides is 1. The zero-order chi connectivity index (χ0) is 22.6. The first-order valence-corrected chi connectivity index (χ1v) is 12.8. The monoisotopic (exact) mass is 481 g/mol. The second-order valence-electron chi connectivity index (χ2n) is 6.92. The van der Waals surface area contributed by atoms with Gasteiger partial charge in [0.15, 0.2) is 5.85 Å². The fourth-order valence-electron chi connectivity index (χ4n) is 3.01. The highest BCUT2D eigenvalue weighted by Crippen LogP contribution is 2.43. The Morgan fingerprint density at radius 2 is 1.39 bits per heavy atom. The minimum Gasteiger partial charge on any atom is -0.380 e. The van der Waals surface area contributed by atoms with Crippen molar-refractivity contribution in [2.24, 2.45) is 0 Å². The highest BCUT2D eigenvalue weighted by molar-refractivity contribution is 7.89. The van der Waals surface area contributed by atoms with Crippen LogP contribution in [0.25, 0.3) is 11.1 Å².